The van der Waals surface area contributed by atoms with Gasteiger partial charge in [-0.15, -0.1) is 0 Å². The van der Waals surface area contributed by atoms with Crippen LogP contribution in [0.4, 0.5) is 20.4 Å². The smallest absolute Gasteiger partial charge is 0.223 e. The number of anilines is 2. The summed E-state index contributed by atoms with van der Waals surface area (Å²) in [6.45, 7) is 5.59. The minimum atomic E-state index is -0.225. The summed E-state index contributed by atoms with van der Waals surface area (Å²) in [6.07, 6.45) is 2.36. The van der Waals surface area contributed by atoms with E-state index >= 15 is 0 Å². The van der Waals surface area contributed by atoms with Crippen LogP contribution in [0.15, 0.2) is 48.7 Å². The summed E-state index contributed by atoms with van der Waals surface area (Å²) in [5, 5.41) is 3.23. The molecule has 5 nitrogen and oxygen atoms in total. The molecule has 0 radical (unpaired) electrons. The number of aromatic nitrogens is 2. The van der Waals surface area contributed by atoms with E-state index in [1.807, 2.05) is 12.1 Å². The minimum absolute atomic E-state index is 0.210. The van der Waals surface area contributed by atoms with Crippen LogP contribution in [0.3, 0.4) is 0 Å². The molecule has 31 heavy (non-hydrogen) atoms. The number of fused-ring (bicyclic) bond motifs is 4. The molecule has 4 heterocycles. The summed E-state index contributed by atoms with van der Waals surface area (Å²) in [6, 6.07) is 12.5. The van der Waals surface area contributed by atoms with E-state index in [0.717, 1.165) is 42.1 Å². The fraction of sp³-hybridized carbons (Fsp3) is 0.333. The Bertz CT molecular complexity index is 1100. The summed E-state index contributed by atoms with van der Waals surface area (Å²) in [4.78, 5) is 13.4. The summed E-state index contributed by atoms with van der Waals surface area (Å²) in [5.74, 6) is 0.0702. The van der Waals surface area contributed by atoms with Gasteiger partial charge in [0, 0.05) is 61.8 Å². The van der Waals surface area contributed by atoms with Crippen molar-refractivity contribution in [3.05, 3.63) is 71.4 Å². The molecule has 6 rings (SSSR count). The largest absolute Gasteiger partial charge is 0.369 e. The minimum Gasteiger partial charge on any atom is -0.369 e. The molecule has 1 N–H and O–H groups in total. The SMILES string of the molecule is C[C@H]1CN2CCN1Cc1cc(ccc1F)-c1ccnc(n1)NCCc1cc(F)cc2c1. The first-order valence-electron chi connectivity index (χ1n) is 10.7. The lowest BCUT2D eigenvalue weighted by Crippen LogP contribution is -2.51. The van der Waals surface area contributed by atoms with Gasteiger partial charge in [-0.05, 0) is 61.4 Å². The molecule has 1 unspecified atom stereocenters. The van der Waals surface area contributed by atoms with Crippen molar-refractivity contribution in [1.82, 2.24) is 14.9 Å². The molecule has 3 aromatic rings. The Morgan fingerprint density at radius 2 is 1.97 bits per heavy atom. The van der Waals surface area contributed by atoms with Gasteiger partial charge >= 0.3 is 0 Å². The van der Waals surface area contributed by atoms with Crippen molar-refractivity contribution >= 4 is 11.6 Å². The number of benzene rings is 2. The van der Waals surface area contributed by atoms with Gasteiger partial charge in [0.2, 0.25) is 5.95 Å². The van der Waals surface area contributed by atoms with Gasteiger partial charge in [0.05, 0.1) is 5.69 Å². The van der Waals surface area contributed by atoms with Gasteiger partial charge in [-0.1, -0.05) is 0 Å². The number of hydrogen-bond donors (Lipinski definition) is 1. The number of nitrogens with zero attached hydrogens (tertiary/aromatic N) is 4. The molecule has 2 aromatic carbocycles. The lowest BCUT2D eigenvalue weighted by atomic mass is 10.0. The zero-order valence-corrected chi connectivity index (χ0v) is 17.5. The molecule has 7 heteroatoms. The fourth-order valence-electron chi connectivity index (χ4n) is 4.42. The van der Waals surface area contributed by atoms with Crippen molar-refractivity contribution in [2.24, 2.45) is 0 Å². The summed E-state index contributed by atoms with van der Waals surface area (Å²) in [7, 11) is 0. The summed E-state index contributed by atoms with van der Waals surface area (Å²) < 4.78 is 29.0. The van der Waals surface area contributed by atoms with E-state index < -0.39 is 0 Å². The Kier molecular flexibility index (Phi) is 5.28. The van der Waals surface area contributed by atoms with E-state index in [1.54, 1.807) is 24.4 Å². The molecule has 0 spiro atoms. The first kappa shape index (κ1) is 19.9. The molecule has 1 fully saturated rings. The molecule has 3 aliphatic rings. The van der Waals surface area contributed by atoms with Crippen molar-refractivity contribution in [2.75, 3.05) is 36.4 Å². The fourth-order valence-corrected chi connectivity index (χ4v) is 4.42. The van der Waals surface area contributed by atoms with Gasteiger partial charge in [0.1, 0.15) is 11.6 Å². The van der Waals surface area contributed by atoms with E-state index in [9.17, 15) is 8.78 Å². The maximum absolute atomic E-state index is 14.6. The second kappa shape index (κ2) is 8.23. The Morgan fingerprint density at radius 1 is 1.06 bits per heavy atom. The molecule has 8 bridgehead atoms. The Morgan fingerprint density at radius 3 is 2.84 bits per heavy atom. The average molecular weight is 421 g/mol. The second-order valence-corrected chi connectivity index (χ2v) is 8.33. The van der Waals surface area contributed by atoms with Crippen LogP contribution in [0.25, 0.3) is 11.3 Å². The molecule has 160 valence electrons. The topological polar surface area (TPSA) is 44.3 Å². The number of nitrogens with one attached hydrogen (secondary N) is 1. The molecule has 1 saturated heterocycles. The first-order valence-corrected chi connectivity index (χ1v) is 10.7. The molecule has 2 atom stereocenters. The van der Waals surface area contributed by atoms with Crippen molar-refractivity contribution < 1.29 is 8.78 Å². The maximum Gasteiger partial charge on any atom is 0.223 e. The Hall–Kier alpha value is -3.06. The van der Waals surface area contributed by atoms with Crippen LogP contribution in [0.1, 0.15) is 18.1 Å². The van der Waals surface area contributed by atoms with Gasteiger partial charge in [0.25, 0.3) is 0 Å². The van der Waals surface area contributed by atoms with Gasteiger partial charge in [0.15, 0.2) is 0 Å². The third-order valence-corrected chi connectivity index (χ3v) is 6.14. The molecule has 0 saturated carbocycles. The van der Waals surface area contributed by atoms with Crippen LogP contribution < -0.4 is 10.2 Å². The lowest BCUT2D eigenvalue weighted by Gasteiger charge is -2.41. The average Bonchev–Trinajstić information content (AvgIpc) is 2.76. The zero-order valence-electron chi connectivity index (χ0n) is 17.5. The van der Waals surface area contributed by atoms with E-state index in [1.165, 1.54) is 6.07 Å². The van der Waals surface area contributed by atoms with Gasteiger partial charge in [-0.2, -0.15) is 0 Å². The Labute approximate surface area is 180 Å². The van der Waals surface area contributed by atoms with Crippen LogP contribution in [-0.2, 0) is 13.0 Å². The highest BCUT2D eigenvalue weighted by molar-refractivity contribution is 5.61. The zero-order chi connectivity index (χ0) is 21.4. The van der Waals surface area contributed by atoms with Crippen LogP contribution in [0, 0.1) is 11.6 Å². The second-order valence-electron chi connectivity index (χ2n) is 8.33. The number of rotatable bonds is 0. The summed E-state index contributed by atoms with van der Waals surface area (Å²) in [5.41, 5.74) is 4.10. The first-order chi connectivity index (χ1) is 15.0. The number of halogens is 2. The number of piperazine rings is 1. The lowest BCUT2D eigenvalue weighted by molar-refractivity contribution is 0.179. The molecule has 1 aromatic heterocycles. The van der Waals surface area contributed by atoms with Crippen LogP contribution in [0.5, 0.6) is 0 Å². The molecular weight excluding hydrogens is 396 g/mol. The predicted octanol–water partition coefficient (Wildman–Crippen LogP) is 4.10. The van der Waals surface area contributed by atoms with Gasteiger partial charge < -0.3 is 10.2 Å². The van der Waals surface area contributed by atoms with E-state index in [2.05, 4.69) is 38.1 Å². The third-order valence-electron chi connectivity index (χ3n) is 6.14. The quantitative estimate of drug-likeness (QED) is 0.592. The normalized spacial score (nSPS) is 20.8. The maximum atomic E-state index is 14.6. The monoisotopic (exact) mass is 421 g/mol. The van der Waals surface area contributed by atoms with Gasteiger partial charge in [-0.25, -0.2) is 18.7 Å². The van der Waals surface area contributed by atoms with E-state index in [-0.39, 0.29) is 17.7 Å². The highest BCUT2D eigenvalue weighted by Gasteiger charge is 2.25. The van der Waals surface area contributed by atoms with Crippen molar-refractivity contribution in [3.63, 3.8) is 0 Å². The van der Waals surface area contributed by atoms with Gasteiger partial charge in [-0.3, -0.25) is 4.90 Å². The van der Waals surface area contributed by atoms with Crippen molar-refractivity contribution in [3.8, 4) is 11.3 Å². The number of hydrogen-bond acceptors (Lipinski definition) is 5. The summed E-state index contributed by atoms with van der Waals surface area (Å²) >= 11 is 0. The Balaban J connectivity index is 1.54. The molecule has 0 amide bonds. The predicted molar refractivity (Wildman–Crippen MR) is 118 cm³/mol. The molecule has 3 aliphatic heterocycles. The highest BCUT2D eigenvalue weighted by atomic mass is 19.1. The highest BCUT2D eigenvalue weighted by Crippen LogP contribution is 2.26. The van der Waals surface area contributed by atoms with Crippen LogP contribution in [-0.4, -0.2) is 47.1 Å². The van der Waals surface area contributed by atoms with Crippen molar-refractivity contribution in [2.45, 2.75) is 25.9 Å². The van der Waals surface area contributed by atoms with Crippen LogP contribution in [0.2, 0.25) is 0 Å². The molecule has 0 aliphatic carbocycles. The third kappa shape index (κ3) is 4.23. The molecular formula is C24H25F2N5. The van der Waals surface area contributed by atoms with E-state index in [4.69, 9.17) is 0 Å². The van der Waals surface area contributed by atoms with Crippen molar-refractivity contribution in [1.29, 1.82) is 0 Å². The van der Waals surface area contributed by atoms with E-state index in [0.29, 0.717) is 31.0 Å². The van der Waals surface area contributed by atoms with Crippen LogP contribution >= 0.6 is 0 Å². The standard InChI is InChI=1S/C24H25F2N5/c1-16-14-31-9-8-30(16)15-19-12-18(2-3-22(19)26)23-5-7-28-24(29-23)27-6-4-17-10-20(25)13-21(31)11-17/h2-3,5,7,10-13,16H,4,6,8-9,14-15H2,1H3,(H,27,28,29)/t16-/m0/s1.